The Morgan fingerprint density at radius 1 is 0.960 bits per heavy atom. The maximum Gasteiger partial charge on any atom is 0.401 e. The highest BCUT2D eigenvalue weighted by Crippen LogP contribution is 2.20. The van der Waals surface area contributed by atoms with Gasteiger partial charge < -0.3 is 14.5 Å². The lowest BCUT2D eigenvalue weighted by Gasteiger charge is -2.35. The Bertz CT molecular complexity index is 578. The Morgan fingerprint density at radius 2 is 1.56 bits per heavy atom. The number of carbonyl (C=O) groups excluding carboxylic acids is 1. The van der Waals surface area contributed by atoms with Gasteiger partial charge in [0.1, 0.15) is 0 Å². The molecular formula is C17H22F3N3O2. The standard InChI is InChI=1S/C17H22F3N3O2/c18-17(19,20)13-21-5-7-23(8-6-21)16(24)14-1-3-15(4-2-14)22-9-11-25-12-10-22/h1-4H,5-13H2. The van der Waals surface area contributed by atoms with Crippen molar-refractivity contribution in [1.29, 1.82) is 0 Å². The summed E-state index contributed by atoms with van der Waals surface area (Å²) in [5.41, 5.74) is 1.62. The van der Waals surface area contributed by atoms with Crippen molar-refractivity contribution in [3.05, 3.63) is 29.8 Å². The molecule has 0 atom stereocenters. The number of carbonyl (C=O) groups is 1. The molecule has 25 heavy (non-hydrogen) atoms. The lowest BCUT2D eigenvalue weighted by atomic mass is 10.1. The largest absolute Gasteiger partial charge is 0.401 e. The molecule has 138 valence electrons. The molecule has 0 unspecified atom stereocenters. The molecule has 2 aliphatic heterocycles. The first-order valence-electron chi connectivity index (χ1n) is 8.43. The van der Waals surface area contributed by atoms with Crippen molar-refractivity contribution in [3.63, 3.8) is 0 Å². The topological polar surface area (TPSA) is 36.0 Å². The molecule has 0 spiro atoms. The molecule has 8 heteroatoms. The van der Waals surface area contributed by atoms with Crippen LogP contribution in [0.5, 0.6) is 0 Å². The summed E-state index contributed by atoms with van der Waals surface area (Å²) in [4.78, 5) is 17.7. The average molecular weight is 357 g/mol. The van der Waals surface area contributed by atoms with Crippen LogP contribution in [0.1, 0.15) is 10.4 Å². The fourth-order valence-electron chi connectivity index (χ4n) is 3.18. The molecule has 0 radical (unpaired) electrons. The van der Waals surface area contributed by atoms with E-state index in [0.29, 0.717) is 31.9 Å². The summed E-state index contributed by atoms with van der Waals surface area (Å²) < 4.78 is 42.6. The number of morpholine rings is 1. The van der Waals surface area contributed by atoms with Crippen LogP contribution in [-0.2, 0) is 4.74 Å². The quantitative estimate of drug-likeness (QED) is 0.827. The summed E-state index contributed by atoms with van der Waals surface area (Å²) in [5.74, 6) is -0.125. The lowest BCUT2D eigenvalue weighted by molar-refractivity contribution is -0.148. The van der Waals surface area contributed by atoms with Gasteiger partial charge in [-0.1, -0.05) is 0 Å². The Morgan fingerprint density at radius 3 is 2.12 bits per heavy atom. The molecule has 2 heterocycles. The lowest BCUT2D eigenvalue weighted by Crippen LogP contribution is -2.50. The number of anilines is 1. The van der Waals surface area contributed by atoms with Gasteiger partial charge in [-0.05, 0) is 24.3 Å². The summed E-state index contributed by atoms with van der Waals surface area (Å²) in [7, 11) is 0. The van der Waals surface area contributed by atoms with E-state index >= 15 is 0 Å². The number of hydrogen-bond acceptors (Lipinski definition) is 4. The first-order valence-corrected chi connectivity index (χ1v) is 8.43. The molecule has 2 saturated heterocycles. The second-order valence-corrected chi connectivity index (χ2v) is 6.33. The monoisotopic (exact) mass is 357 g/mol. The molecule has 0 bridgehead atoms. The number of ether oxygens (including phenoxy) is 1. The SMILES string of the molecule is O=C(c1ccc(N2CCOCC2)cc1)N1CCN(CC(F)(F)F)CC1. The summed E-state index contributed by atoms with van der Waals surface area (Å²) in [5, 5.41) is 0. The predicted octanol–water partition coefficient (Wildman–Crippen LogP) is 1.84. The van der Waals surface area contributed by atoms with Crippen LogP contribution in [-0.4, -0.2) is 80.9 Å². The molecule has 0 N–H and O–H groups in total. The van der Waals surface area contributed by atoms with E-state index in [1.165, 1.54) is 4.90 Å². The number of amides is 1. The van der Waals surface area contributed by atoms with E-state index < -0.39 is 12.7 Å². The maximum atomic E-state index is 12.5. The fourth-order valence-corrected chi connectivity index (χ4v) is 3.18. The van der Waals surface area contributed by atoms with Crippen molar-refractivity contribution in [1.82, 2.24) is 9.80 Å². The van der Waals surface area contributed by atoms with Crippen LogP contribution >= 0.6 is 0 Å². The molecular weight excluding hydrogens is 335 g/mol. The zero-order valence-corrected chi connectivity index (χ0v) is 14.0. The highest BCUT2D eigenvalue weighted by Gasteiger charge is 2.33. The minimum Gasteiger partial charge on any atom is -0.378 e. The zero-order valence-electron chi connectivity index (χ0n) is 14.0. The smallest absolute Gasteiger partial charge is 0.378 e. The number of alkyl halides is 3. The van der Waals surface area contributed by atoms with E-state index in [1.807, 2.05) is 12.1 Å². The van der Waals surface area contributed by atoms with Gasteiger partial charge in [-0.3, -0.25) is 9.69 Å². The number of halogens is 3. The minimum absolute atomic E-state index is 0.125. The molecule has 1 amide bonds. The van der Waals surface area contributed by atoms with Gasteiger partial charge in [-0.15, -0.1) is 0 Å². The number of nitrogens with zero attached hydrogens (tertiary/aromatic N) is 3. The van der Waals surface area contributed by atoms with E-state index in [4.69, 9.17) is 4.74 Å². The molecule has 0 aromatic heterocycles. The Labute approximate surface area is 144 Å². The summed E-state index contributed by atoms with van der Waals surface area (Å²) in [6.45, 7) is 3.27. The molecule has 5 nitrogen and oxygen atoms in total. The third-order valence-corrected chi connectivity index (χ3v) is 4.55. The van der Waals surface area contributed by atoms with Gasteiger partial charge in [0.25, 0.3) is 5.91 Å². The third-order valence-electron chi connectivity index (χ3n) is 4.55. The summed E-state index contributed by atoms with van der Waals surface area (Å²) >= 11 is 0. The molecule has 3 rings (SSSR count). The summed E-state index contributed by atoms with van der Waals surface area (Å²) in [6, 6.07) is 7.40. The van der Waals surface area contributed by atoms with Crippen LogP contribution in [0.2, 0.25) is 0 Å². The molecule has 2 aliphatic rings. The average Bonchev–Trinajstić information content (AvgIpc) is 2.61. The van der Waals surface area contributed by atoms with Gasteiger partial charge in [0.15, 0.2) is 0 Å². The second kappa shape index (κ2) is 7.61. The zero-order chi connectivity index (χ0) is 17.9. The van der Waals surface area contributed by atoms with E-state index in [1.54, 1.807) is 17.0 Å². The molecule has 1 aromatic carbocycles. The minimum atomic E-state index is -4.19. The molecule has 0 saturated carbocycles. The van der Waals surface area contributed by atoms with Gasteiger partial charge in [0.05, 0.1) is 19.8 Å². The third kappa shape index (κ3) is 4.85. The number of rotatable bonds is 3. The highest BCUT2D eigenvalue weighted by atomic mass is 19.4. The number of piperazine rings is 1. The van der Waals surface area contributed by atoms with Crippen molar-refractivity contribution in [2.24, 2.45) is 0 Å². The fraction of sp³-hybridized carbons (Fsp3) is 0.588. The van der Waals surface area contributed by atoms with Crippen LogP contribution in [0.15, 0.2) is 24.3 Å². The van der Waals surface area contributed by atoms with Crippen LogP contribution in [0, 0.1) is 0 Å². The highest BCUT2D eigenvalue weighted by molar-refractivity contribution is 5.94. The predicted molar refractivity (Wildman–Crippen MR) is 87.9 cm³/mol. The van der Waals surface area contributed by atoms with Crippen molar-refractivity contribution in [3.8, 4) is 0 Å². The van der Waals surface area contributed by atoms with Gasteiger partial charge >= 0.3 is 6.18 Å². The normalized spacial score (nSPS) is 20.0. The van der Waals surface area contributed by atoms with Crippen molar-refractivity contribution in [2.45, 2.75) is 6.18 Å². The second-order valence-electron chi connectivity index (χ2n) is 6.33. The first kappa shape index (κ1) is 18.0. The molecule has 2 fully saturated rings. The maximum absolute atomic E-state index is 12.5. The van der Waals surface area contributed by atoms with Crippen molar-refractivity contribution < 1.29 is 22.7 Å². The van der Waals surface area contributed by atoms with E-state index in [0.717, 1.165) is 18.8 Å². The first-order chi connectivity index (χ1) is 11.9. The summed E-state index contributed by atoms with van der Waals surface area (Å²) in [6.07, 6.45) is -4.19. The van der Waals surface area contributed by atoms with Gasteiger partial charge in [-0.25, -0.2) is 0 Å². The van der Waals surface area contributed by atoms with Crippen molar-refractivity contribution >= 4 is 11.6 Å². The van der Waals surface area contributed by atoms with E-state index in [-0.39, 0.29) is 19.0 Å². The van der Waals surface area contributed by atoms with Crippen LogP contribution in [0.4, 0.5) is 18.9 Å². The van der Waals surface area contributed by atoms with Gasteiger partial charge in [0.2, 0.25) is 0 Å². The Hall–Kier alpha value is -1.80. The molecule has 0 aliphatic carbocycles. The van der Waals surface area contributed by atoms with Crippen molar-refractivity contribution in [2.75, 3.05) is 63.9 Å². The van der Waals surface area contributed by atoms with E-state index in [2.05, 4.69) is 4.90 Å². The van der Waals surface area contributed by atoms with Gasteiger partial charge in [-0.2, -0.15) is 13.2 Å². The van der Waals surface area contributed by atoms with Crippen LogP contribution in [0.25, 0.3) is 0 Å². The Balaban J connectivity index is 1.55. The number of benzene rings is 1. The number of hydrogen-bond donors (Lipinski definition) is 0. The van der Waals surface area contributed by atoms with Gasteiger partial charge in [0, 0.05) is 50.5 Å². The molecule has 1 aromatic rings. The Kier molecular flexibility index (Phi) is 5.48. The van der Waals surface area contributed by atoms with Crippen LogP contribution < -0.4 is 4.90 Å². The van der Waals surface area contributed by atoms with E-state index in [9.17, 15) is 18.0 Å². The van der Waals surface area contributed by atoms with Crippen LogP contribution in [0.3, 0.4) is 0 Å².